The zero-order valence-corrected chi connectivity index (χ0v) is 15.6. The molecular formula is C19H24FN5O2. The molecule has 3 amide bonds. The second-order valence-electron chi connectivity index (χ2n) is 7.61. The van der Waals surface area contributed by atoms with Crippen LogP contribution in [-0.2, 0) is 11.3 Å². The third-order valence-electron chi connectivity index (χ3n) is 5.58. The predicted molar refractivity (Wildman–Crippen MR) is 98.2 cm³/mol. The molecule has 144 valence electrons. The smallest absolute Gasteiger partial charge is 0.325 e. The van der Waals surface area contributed by atoms with Crippen LogP contribution in [0.5, 0.6) is 0 Å². The Labute approximate surface area is 157 Å². The Morgan fingerprint density at radius 3 is 2.81 bits per heavy atom. The third kappa shape index (κ3) is 3.13. The lowest BCUT2D eigenvalue weighted by Crippen LogP contribution is -2.64. The van der Waals surface area contributed by atoms with Crippen molar-refractivity contribution >= 4 is 17.9 Å². The molecular weight excluding hydrogens is 349 g/mol. The fourth-order valence-corrected chi connectivity index (χ4v) is 4.12. The quantitative estimate of drug-likeness (QED) is 0.855. The normalized spacial score (nSPS) is 28.2. The van der Waals surface area contributed by atoms with Gasteiger partial charge < -0.3 is 14.7 Å². The minimum absolute atomic E-state index is 0.229. The Morgan fingerprint density at radius 2 is 2.07 bits per heavy atom. The van der Waals surface area contributed by atoms with Crippen LogP contribution in [0.25, 0.3) is 0 Å². The Morgan fingerprint density at radius 1 is 1.30 bits per heavy atom. The van der Waals surface area contributed by atoms with Crippen LogP contribution in [0.3, 0.4) is 0 Å². The lowest BCUT2D eigenvalue weighted by molar-refractivity contribution is -0.127. The molecule has 0 bridgehead atoms. The van der Waals surface area contributed by atoms with Gasteiger partial charge in [-0.15, -0.1) is 0 Å². The van der Waals surface area contributed by atoms with Gasteiger partial charge in [-0.2, -0.15) is 0 Å². The molecule has 0 aliphatic carbocycles. The highest BCUT2D eigenvalue weighted by atomic mass is 19.1. The van der Waals surface area contributed by atoms with Crippen molar-refractivity contribution < 1.29 is 14.0 Å². The lowest BCUT2D eigenvalue weighted by atomic mass is 10.0. The van der Waals surface area contributed by atoms with E-state index in [0.717, 1.165) is 25.9 Å². The van der Waals surface area contributed by atoms with Crippen LogP contribution in [0.4, 0.5) is 9.18 Å². The molecule has 0 radical (unpaired) electrons. The third-order valence-corrected chi connectivity index (χ3v) is 5.58. The van der Waals surface area contributed by atoms with E-state index in [1.54, 1.807) is 25.2 Å². The van der Waals surface area contributed by atoms with Gasteiger partial charge in [-0.25, -0.2) is 14.2 Å². The summed E-state index contributed by atoms with van der Waals surface area (Å²) in [5.74, 6) is 0.500. The standard InChI is InChI=1S/C19H24FN5O2/c1-12-6-5-9-24(10-12)18-21-16-15(17(26)22-19(27)23(16)2)25(18)11-13-7-3-4-8-14(13)20/h3-4,7-8,12,15-16H,5-6,9-11H2,1-2H3,(H,22,26,27). The van der Waals surface area contributed by atoms with Gasteiger partial charge in [0.2, 0.25) is 0 Å². The molecule has 2 fully saturated rings. The summed E-state index contributed by atoms with van der Waals surface area (Å²) in [4.78, 5) is 34.9. The first kappa shape index (κ1) is 17.8. The number of imide groups is 1. The highest BCUT2D eigenvalue weighted by molar-refractivity contribution is 6.03. The molecule has 0 aromatic heterocycles. The van der Waals surface area contributed by atoms with E-state index in [-0.39, 0.29) is 18.3 Å². The first-order valence-electron chi connectivity index (χ1n) is 9.36. The summed E-state index contributed by atoms with van der Waals surface area (Å²) in [6.07, 6.45) is 1.61. The molecule has 7 nitrogen and oxygen atoms in total. The number of urea groups is 1. The zero-order valence-electron chi connectivity index (χ0n) is 15.6. The zero-order chi connectivity index (χ0) is 19.1. The molecule has 3 atom stereocenters. The summed E-state index contributed by atoms with van der Waals surface area (Å²) in [6, 6.07) is 5.45. The lowest BCUT2D eigenvalue weighted by Gasteiger charge is -2.39. The maximum absolute atomic E-state index is 14.3. The van der Waals surface area contributed by atoms with Crippen molar-refractivity contribution in [1.82, 2.24) is 20.0 Å². The van der Waals surface area contributed by atoms with Crippen molar-refractivity contribution in [2.45, 2.75) is 38.5 Å². The molecule has 3 heterocycles. The van der Waals surface area contributed by atoms with E-state index < -0.39 is 18.2 Å². The van der Waals surface area contributed by atoms with E-state index in [1.165, 1.54) is 11.0 Å². The highest BCUT2D eigenvalue weighted by Gasteiger charge is 2.50. The number of hydrogen-bond acceptors (Lipinski definition) is 5. The number of likely N-dealkylation sites (N-methyl/N-ethyl adjacent to an activating group) is 1. The average Bonchev–Trinajstić information content (AvgIpc) is 3.02. The van der Waals surface area contributed by atoms with E-state index >= 15 is 0 Å². The number of piperidine rings is 1. The number of benzene rings is 1. The Hall–Kier alpha value is -2.64. The van der Waals surface area contributed by atoms with E-state index in [4.69, 9.17) is 4.99 Å². The SMILES string of the molecule is CC1CCCN(C2=NC3C(C(=O)NC(=O)N3C)N2Cc2ccccc2F)C1. The van der Waals surface area contributed by atoms with Gasteiger partial charge in [0.15, 0.2) is 18.2 Å². The molecule has 27 heavy (non-hydrogen) atoms. The second kappa shape index (κ2) is 6.83. The van der Waals surface area contributed by atoms with Gasteiger partial charge in [0.1, 0.15) is 5.82 Å². The van der Waals surface area contributed by atoms with Crippen LogP contribution in [-0.4, -0.2) is 64.9 Å². The minimum atomic E-state index is -0.653. The summed E-state index contributed by atoms with van der Waals surface area (Å²) >= 11 is 0. The minimum Gasteiger partial charge on any atom is -0.342 e. The van der Waals surface area contributed by atoms with Crippen LogP contribution in [0.2, 0.25) is 0 Å². The first-order valence-corrected chi connectivity index (χ1v) is 9.36. The van der Waals surface area contributed by atoms with Crippen LogP contribution in [0.1, 0.15) is 25.3 Å². The monoisotopic (exact) mass is 373 g/mol. The maximum atomic E-state index is 14.3. The van der Waals surface area contributed by atoms with Gasteiger partial charge in [0, 0.05) is 32.2 Å². The molecule has 1 N–H and O–H groups in total. The number of halogens is 1. The van der Waals surface area contributed by atoms with E-state index in [0.29, 0.717) is 17.4 Å². The highest BCUT2D eigenvalue weighted by Crippen LogP contribution is 2.29. The van der Waals surface area contributed by atoms with Gasteiger partial charge in [-0.05, 0) is 24.8 Å². The number of nitrogens with zero attached hydrogens (tertiary/aromatic N) is 4. The molecule has 4 rings (SSSR count). The number of hydrogen-bond donors (Lipinski definition) is 1. The van der Waals surface area contributed by atoms with Gasteiger partial charge in [0.05, 0.1) is 0 Å². The number of likely N-dealkylation sites (tertiary alicyclic amines) is 1. The molecule has 3 aliphatic heterocycles. The van der Waals surface area contributed by atoms with Crippen molar-refractivity contribution in [3.63, 3.8) is 0 Å². The number of carbonyl (C=O) groups excluding carboxylic acids is 2. The van der Waals surface area contributed by atoms with Gasteiger partial charge in [0.25, 0.3) is 5.91 Å². The number of fused-ring (bicyclic) bond motifs is 1. The van der Waals surface area contributed by atoms with Crippen molar-refractivity contribution in [2.75, 3.05) is 20.1 Å². The number of nitrogens with one attached hydrogen (secondary N) is 1. The van der Waals surface area contributed by atoms with Crippen LogP contribution >= 0.6 is 0 Å². The summed E-state index contributed by atoms with van der Waals surface area (Å²) in [7, 11) is 1.63. The molecule has 0 spiro atoms. The first-order chi connectivity index (χ1) is 13.0. The summed E-state index contributed by atoms with van der Waals surface area (Å²) in [6.45, 7) is 4.10. The summed E-state index contributed by atoms with van der Waals surface area (Å²) in [5.41, 5.74) is 0.503. The van der Waals surface area contributed by atoms with Gasteiger partial charge in [-0.1, -0.05) is 25.1 Å². The molecule has 1 aromatic carbocycles. The van der Waals surface area contributed by atoms with Crippen LogP contribution in [0, 0.1) is 11.7 Å². The van der Waals surface area contributed by atoms with Crippen molar-refractivity contribution in [3.8, 4) is 0 Å². The Kier molecular flexibility index (Phi) is 4.49. The van der Waals surface area contributed by atoms with Crippen LogP contribution < -0.4 is 5.32 Å². The van der Waals surface area contributed by atoms with Gasteiger partial charge in [-0.3, -0.25) is 10.1 Å². The molecule has 3 unspecified atom stereocenters. The average molecular weight is 373 g/mol. The maximum Gasteiger partial charge on any atom is 0.325 e. The van der Waals surface area contributed by atoms with Gasteiger partial charge >= 0.3 is 6.03 Å². The molecule has 8 heteroatoms. The fourth-order valence-electron chi connectivity index (χ4n) is 4.12. The number of guanidine groups is 1. The molecule has 3 aliphatic rings. The molecule has 1 aromatic rings. The van der Waals surface area contributed by atoms with Crippen molar-refractivity contribution in [3.05, 3.63) is 35.6 Å². The summed E-state index contributed by atoms with van der Waals surface area (Å²) in [5, 5.41) is 2.38. The van der Waals surface area contributed by atoms with Crippen molar-refractivity contribution in [1.29, 1.82) is 0 Å². The number of amides is 3. The van der Waals surface area contributed by atoms with E-state index in [1.807, 2.05) is 4.90 Å². The number of carbonyl (C=O) groups is 2. The molecule has 2 saturated heterocycles. The predicted octanol–water partition coefficient (Wildman–Crippen LogP) is 1.61. The largest absolute Gasteiger partial charge is 0.342 e. The van der Waals surface area contributed by atoms with Crippen molar-refractivity contribution in [2.24, 2.45) is 10.9 Å². The Bertz CT molecular complexity index is 798. The van der Waals surface area contributed by atoms with E-state index in [9.17, 15) is 14.0 Å². The molecule has 0 saturated carbocycles. The number of aliphatic imine (C=N–C) groups is 1. The second-order valence-corrected chi connectivity index (χ2v) is 7.61. The number of rotatable bonds is 2. The topological polar surface area (TPSA) is 68.2 Å². The van der Waals surface area contributed by atoms with E-state index in [2.05, 4.69) is 17.1 Å². The fraction of sp³-hybridized carbons (Fsp3) is 0.526. The summed E-state index contributed by atoms with van der Waals surface area (Å²) < 4.78 is 14.3. The Balaban J connectivity index is 1.70. The van der Waals surface area contributed by atoms with Crippen LogP contribution in [0.15, 0.2) is 29.3 Å².